The normalized spacial score (nSPS) is 13.3. The Bertz CT molecular complexity index is 731. The maximum Gasteiger partial charge on any atom is 0.257 e. The Morgan fingerprint density at radius 2 is 1.80 bits per heavy atom. The van der Waals surface area contributed by atoms with E-state index in [-0.39, 0.29) is 23.7 Å². The first kappa shape index (κ1) is 19.2. The van der Waals surface area contributed by atoms with Gasteiger partial charge in [-0.05, 0) is 37.6 Å². The first-order valence-corrected chi connectivity index (χ1v) is 8.84. The molecule has 1 N–H and O–H groups in total. The number of nitrogens with zero attached hydrogens (tertiary/aromatic N) is 1. The Kier molecular flexibility index (Phi) is 6.37. The van der Waals surface area contributed by atoms with Gasteiger partial charge < -0.3 is 9.84 Å². The largest absolute Gasteiger partial charge is 0.360 e. The summed E-state index contributed by atoms with van der Waals surface area (Å²) in [5, 5.41) is 7.44. The number of carbonyl (C=O) groups is 2. The fraction of sp³-hybridized carbons (Fsp3) is 0.421. The second-order valence-corrected chi connectivity index (χ2v) is 6.49. The summed E-state index contributed by atoms with van der Waals surface area (Å²) in [5.41, 5.74) is 1.70. The van der Waals surface area contributed by atoms with Crippen LogP contribution in [-0.2, 0) is 12.8 Å². The highest BCUT2D eigenvalue weighted by Gasteiger charge is 2.26. The van der Waals surface area contributed by atoms with Crippen LogP contribution in [-0.4, -0.2) is 22.9 Å². The lowest BCUT2D eigenvalue weighted by Crippen LogP contribution is -2.40. The number of hydrogen-bond acceptors (Lipinski definition) is 4. The van der Waals surface area contributed by atoms with Gasteiger partial charge in [-0.3, -0.25) is 9.59 Å². The Balaban J connectivity index is 2.11. The standard InChI is InChI=1S/C19H23ClN2O3/c1-5-15-17(16(6-2)25-22-15)19(24)21-12(4)11(3)18(23)13-7-9-14(20)10-8-13/h7-12H,5-6H2,1-4H3,(H,21,24). The van der Waals surface area contributed by atoms with Crippen LogP contribution in [0.15, 0.2) is 28.8 Å². The van der Waals surface area contributed by atoms with Crippen LogP contribution in [0.2, 0.25) is 5.02 Å². The Hall–Kier alpha value is -2.14. The van der Waals surface area contributed by atoms with Crippen LogP contribution in [0, 0.1) is 5.92 Å². The number of Topliss-reactive ketones (excluding diaryl/α,β-unsaturated/α-hetero) is 1. The maximum atomic E-state index is 12.6. The van der Waals surface area contributed by atoms with Gasteiger partial charge in [0.1, 0.15) is 11.3 Å². The molecule has 2 rings (SSSR count). The fourth-order valence-electron chi connectivity index (χ4n) is 2.61. The molecule has 1 aromatic carbocycles. The minimum absolute atomic E-state index is 0.0405. The van der Waals surface area contributed by atoms with E-state index in [1.54, 1.807) is 31.2 Å². The topological polar surface area (TPSA) is 72.2 Å². The SMILES string of the molecule is CCc1noc(CC)c1C(=O)NC(C)C(C)C(=O)c1ccc(Cl)cc1. The molecule has 134 valence electrons. The molecule has 0 saturated heterocycles. The van der Waals surface area contributed by atoms with E-state index in [0.717, 1.165) is 0 Å². The molecule has 0 fully saturated rings. The van der Waals surface area contributed by atoms with E-state index in [2.05, 4.69) is 10.5 Å². The van der Waals surface area contributed by atoms with Gasteiger partial charge in [0.15, 0.2) is 5.78 Å². The molecule has 0 radical (unpaired) electrons. The quantitative estimate of drug-likeness (QED) is 0.753. The lowest BCUT2D eigenvalue weighted by atomic mass is 9.93. The summed E-state index contributed by atoms with van der Waals surface area (Å²) in [6, 6.07) is 6.42. The molecule has 6 heteroatoms. The molecule has 0 spiro atoms. The molecule has 2 aromatic rings. The number of aromatic nitrogens is 1. The van der Waals surface area contributed by atoms with Crippen molar-refractivity contribution in [2.75, 3.05) is 0 Å². The van der Waals surface area contributed by atoms with Crippen molar-refractivity contribution < 1.29 is 14.1 Å². The Morgan fingerprint density at radius 1 is 1.16 bits per heavy atom. The van der Waals surface area contributed by atoms with Crippen LogP contribution >= 0.6 is 11.6 Å². The number of hydrogen-bond donors (Lipinski definition) is 1. The van der Waals surface area contributed by atoms with Crippen LogP contribution in [0.4, 0.5) is 0 Å². The van der Waals surface area contributed by atoms with Gasteiger partial charge >= 0.3 is 0 Å². The summed E-state index contributed by atoms with van der Waals surface area (Å²) < 4.78 is 5.24. The highest BCUT2D eigenvalue weighted by molar-refractivity contribution is 6.30. The maximum absolute atomic E-state index is 12.6. The monoisotopic (exact) mass is 362 g/mol. The minimum Gasteiger partial charge on any atom is -0.360 e. The van der Waals surface area contributed by atoms with E-state index in [1.165, 1.54) is 0 Å². The van der Waals surface area contributed by atoms with Crippen molar-refractivity contribution in [2.45, 2.75) is 46.6 Å². The van der Waals surface area contributed by atoms with Crippen molar-refractivity contribution in [2.24, 2.45) is 5.92 Å². The van der Waals surface area contributed by atoms with E-state index in [1.807, 2.05) is 20.8 Å². The number of nitrogens with one attached hydrogen (secondary N) is 1. The summed E-state index contributed by atoms with van der Waals surface area (Å²) in [6.07, 6.45) is 1.20. The zero-order valence-corrected chi connectivity index (χ0v) is 15.7. The summed E-state index contributed by atoms with van der Waals surface area (Å²) in [4.78, 5) is 25.2. The average Bonchev–Trinajstić information content (AvgIpc) is 3.04. The molecule has 25 heavy (non-hydrogen) atoms. The number of halogens is 1. The van der Waals surface area contributed by atoms with Gasteiger partial charge in [0, 0.05) is 29.0 Å². The zero-order valence-electron chi connectivity index (χ0n) is 14.9. The smallest absolute Gasteiger partial charge is 0.257 e. The third-order valence-electron chi connectivity index (χ3n) is 4.37. The number of carbonyl (C=O) groups excluding carboxylic acids is 2. The van der Waals surface area contributed by atoms with Gasteiger partial charge in [-0.25, -0.2) is 0 Å². The molecule has 2 unspecified atom stereocenters. The first-order chi connectivity index (χ1) is 11.9. The van der Waals surface area contributed by atoms with Crippen molar-refractivity contribution in [3.05, 3.63) is 51.9 Å². The van der Waals surface area contributed by atoms with Crippen LogP contribution in [0.5, 0.6) is 0 Å². The summed E-state index contributed by atoms with van der Waals surface area (Å²) >= 11 is 5.86. The highest BCUT2D eigenvalue weighted by atomic mass is 35.5. The predicted molar refractivity (Wildman–Crippen MR) is 97.1 cm³/mol. The molecule has 1 amide bonds. The highest BCUT2D eigenvalue weighted by Crippen LogP contribution is 2.18. The lowest BCUT2D eigenvalue weighted by molar-refractivity contribution is 0.0867. The average molecular weight is 363 g/mol. The molecule has 1 aromatic heterocycles. The molecule has 0 aliphatic rings. The second kappa shape index (κ2) is 8.30. The zero-order chi connectivity index (χ0) is 18.6. The van der Waals surface area contributed by atoms with E-state index in [9.17, 15) is 9.59 Å². The van der Waals surface area contributed by atoms with Crippen molar-refractivity contribution >= 4 is 23.3 Å². The van der Waals surface area contributed by atoms with E-state index < -0.39 is 0 Å². The van der Waals surface area contributed by atoms with Crippen molar-refractivity contribution in [1.82, 2.24) is 10.5 Å². The van der Waals surface area contributed by atoms with Gasteiger partial charge in [0.2, 0.25) is 0 Å². The fourth-order valence-corrected chi connectivity index (χ4v) is 2.74. The predicted octanol–water partition coefficient (Wildman–Crippen LogP) is 4.09. The molecule has 0 aliphatic carbocycles. The van der Waals surface area contributed by atoms with E-state index in [4.69, 9.17) is 16.1 Å². The Morgan fingerprint density at radius 3 is 2.36 bits per heavy atom. The van der Waals surface area contributed by atoms with E-state index in [0.29, 0.717) is 40.4 Å². The minimum atomic E-state index is -0.375. The third-order valence-corrected chi connectivity index (χ3v) is 4.62. The van der Waals surface area contributed by atoms with Crippen molar-refractivity contribution in [1.29, 1.82) is 0 Å². The van der Waals surface area contributed by atoms with Crippen molar-refractivity contribution in [3.63, 3.8) is 0 Å². The number of rotatable bonds is 7. The van der Waals surface area contributed by atoms with Crippen LogP contribution in [0.1, 0.15) is 59.9 Å². The van der Waals surface area contributed by atoms with Crippen molar-refractivity contribution in [3.8, 4) is 0 Å². The number of aryl methyl sites for hydroxylation is 2. The van der Waals surface area contributed by atoms with Gasteiger partial charge in [-0.15, -0.1) is 0 Å². The van der Waals surface area contributed by atoms with Crippen LogP contribution < -0.4 is 5.32 Å². The second-order valence-electron chi connectivity index (χ2n) is 6.06. The van der Waals surface area contributed by atoms with E-state index >= 15 is 0 Å². The molecule has 1 heterocycles. The number of benzene rings is 1. The van der Waals surface area contributed by atoms with Crippen LogP contribution in [0.25, 0.3) is 0 Å². The lowest BCUT2D eigenvalue weighted by Gasteiger charge is -2.20. The summed E-state index contributed by atoms with van der Waals surface area (Å²) in [7, 11) is 0. The Labute approximate surface area is 152 Å². The summed E-state index contributed by atoms with van der Waals surface area (Å²) in [6.45, 7) is 7.45. The molecule has 2 atom stereocenters. The molecule has 5 nitrogen and oxygen atoms in total. The number of ketones is 1. The molecule has 0 bridgehead atoms. The van der Waals surface area contributed by atoms with Gasteiger partial charge in [-0.1, -0.05) is 37.5 Å². The third kappa shape index (κ3) is 4.28. The van der Waals surface area contributed by atoms with Gasteiger partial charge in [0.05, 0.1) is 5.69 Å². The first-order valence-electron chi connectivity index (χ1n) is 8.47. The molecule has 0 saturated carbocycles. The molecular weight excluding hydrogens is 340 g/mol. The van der Waals surface area contributed by atoms with Gasteiger partial charge in [-0.2, -0.15) is 0 Å². The molecular formula is C19H23ClN2O3. The molecule has 0 aliphatic heterocycles. The van der Waals surface area contributed by atoms with Gasteiger partial charge in [0.25, 0.3) is 5.91 Å². The summed E-state index contributed by atoms with van der Waals surface area (Å²) in [5.74, 6) is -0.0993. The number of amides is 1. The van der Waals surface area contributed by atoms with Crippen LogP contribution in [0.3, 0.4) is 0 Å².